The third kappa shape index (κ3) is 7.11. The Morgan fingerprint density at radius 2 is 2.15 bits per heavy atom. The average molecular weight is 279 g/mol. The van der Waals surface area contributed by atoms with E-state index in [2.05, 4.69) is 27.6 Å². The summed E-state index contributed by atoms with van der Waals surface area (Å²) in [7, 11) is 1.90. The maximum absolute atomic E-state index is 11.7. The Labute approximate surface area is 120 Å². The summed E-state index contributed by atoms with van der Waals surface area (Å²) in [6.07, 6.45) is 12.5. The van der Waals surface area contributed by atoms with Crippen LogP contribution in [0.3, 0.4) is 0 Å². The molecule has 112 valence electrons. The third-order valence-electron chi connectivity index (χ3n) is 3.14. The number of nitrogens with one attached hydrogen (secondary N) is 2. The fourth-order valence-corrected chi connectivity index (χ4v) is 1.92. The zero-order valence-electron chi connectivity index (χ0n) is 12.2. The number of likely N-dealkylation sites (N-methyl/N-ethyl adjacent to an activating group) is 1. The first-order chi connectivity index (χ1) is 9.76. The Balaban J connectivity index is 2.17. The van der Waals surface area contributed by atoms with E-state index >= 15 is 0 Å². The number of hydrogen-bond acceptors (Lipinski definition) is 4. The highest BCUT2D eigenvalue weighted by atomic mass is 16.6. The van der Waals surface area contributed by atoms with Gasteiger partial charge in [0.25, 0.3) is 0 Å². The lowest BCUT2D eigenvalue weighted by molar-refractivity contribution is -0.121. The molecule has 0 aromatic rings. The van der Waals surface area contributed by atoms with Crippen LogP contribution in [0.15, 0.2) is 35.6 Å². The molecule has 0 bridgehead atoms. The Morgan fingerprint density at radius 3 is 2.90 bits per heavy atom. The van der Waals surface area contributed by atoms with Gasteiger partial charge in [0.1, 0.15) is 0 Å². The highest BCUT2D eigenvalue weighted by molar-refractivity contribution is 5.76. The van der Waals surface area contributed by atoms with E-state index in [0.29, 0.717) is 19.6 Å². The largest absolute Gasteiger partial charge is 0.388 e. The lowest BCUT2D eigenvalue weighted by atomic mass is 10.2. The van der Waals surface area contributed by atoms with E-state index in [-0.39, 0.29) is 5.91 Å². The lowest BCUT2D eigenvalue weighted by Gasteiger charge is -2.06. The minimum absolute atomic E-state index is 0.0963. The number of nitrogens with two attached hydrogens (primary N) is 1. The molecule has 20 heavy (non-hydrogen) atoms. The number of rotatable bonds is 9. The Bertz CT molecular complexity index is 387. The average Bonchev–Trinajstić information content (AvgIpc) is 2.70. The zero-order chi connectivity index (χ0) is 14.6. The predicted molar refractivity (Wildman–Crippen MR) is 80.6 cm³/mol. The van der Waals surface area contributed by atoms with E-state index in [4.69, 9.17) is 5.90 Å². The van der Waals surface area contributed by atoms with E-state index in [1.54, 1.807) is 0 Å². The second-order valence-electron chi connectivity index (χ2n) is 4.72. The number of unbranched alkanes of at least 4 members (excludes halogenated alkanes) is 2. The van der Waals surface area contributed by atoms with Crippen molar-refractivity contribution in [2.75, 3.05) is 20.2 Å². The molecule has 0 fully saturated rings. The summed E-state index contributed by atoms with van der Waals surface area (Å²) in [4.78, 5) is 16.2. The summed E-state index contributed by atoms with van der Waals surface area (Å²) in [5, 5.41) is 6.05. The second kappa shape index (κ2) is 10.2. The SMILES string of the molecule is CNC1=CCC=C(CNC(=O)CCCCCON)C=C1. The number of hydrogen-bond donors (Lipinski definition) is 3. The number of allylic oxidation sites excluding steroid dienone is 3. The molecule has 0 saturated carbocycles. The summed E-state index contributed by atoms with van der Waals surface area (Å²) < 4.78 is 0. The standard InChI is InChI=1S/C15H25N3O2/c1-17-14-7-5-6-13(9-10-14)12-18-15(19)8-3-2-4-11-20-16/h6-7,9-10,17H,2-5,8,11-12,16H2,1H3,(H,18,19). The molecule has 0 aliphatic heterocycles. The Kier molecular flexibility index (Phi) is 8.42. The van der Waals surface area contributed by atoms with Crippen LogP contribution in [0.1, 0.15) is 32.1 Å². The van der Waals surface area contributed by atoms with Gasteiger partial charge in [-0.2, -0.15) is 0 Å². The summed E-state index contributed by atoms with van der Waals surface area (Å²) in [5.41, 5.74) is 2.24. The minimum Gasteiger partial charge on any atom is -0.388 e. The molecule has 0 aromatic carbocycles. The van der Waals surface area contributed by atoms with Gasteiger partial charge in [-0.15, -0.1) is 0 Å². The second-order valence-corrected chi connectivity index (χ2v) is 4.72. The normalized spacial score (nSPS) is 14.3. The van der Waals surface area contributed by atoms with Crippen LogP contribution in [0.2, 0.25) is 0 Å². The minimum atomic E-state index is 0.0963. The zero-order valence-corrected chi connectivity index (χ0v) is 12.2. The van der Waals surface area contributed by atoms with Crippen LogP contribution in [0.5, 0.6) is 0 Å². The van der Waals surface area contributed by atoms with Crippen molar-refractivity contribution in [2.45, 2.75) is 32.1 Å². The summed E-state index contributed by atoms with van der Waals surface area (Å²) in [5.74, 6) is 5.03. The van der Waals surface area contributed by atoms with Crippen LogP contribution >= 0.6 is 0 Å². The molecule has 1 rings (SSSR count). The van der Waals surface area contributed by atoms with Gasteiger partial charge in [0.05, 0.1) is 6.61 Å². The van der Waals surface area contributed by atoms with Gasteiger partial charge < -0.3 is 15.5 Å². The molecule has 4 N–H and O–H groups in total. The summed E-state index contributed by atoms with van der Waals surface area (Å²) in [6.45, 7) is 1.15. The van der Waals surface area contributed by atoms with E-state index in [9.17, 15) is 4.79 Å². The quantitative estimate of drug-likeness (QED) is 0.442. The van der Waals surface area contributed by atoms with Gasteiger partial charge in [-0.05, 0) is 30.9 Å². The molecule has 0 unspecified atom stereocenters. The summed E-state index contributed by atoms with van der Waals surface area (Å²) >= 11 is 0. The molecule has 0 aromatic heterocycles. The highest BCUT2D eigenvalue weighted by Crippen LogP contribution is 2.08. The molecule has 0 spiro atoms. The van der Waals surface area contributed by atoms with Gasteiger partial charge in [-0.1, -0.05) is 24.6 Å². The predicted octanol–water partition coefficient (Wildman–Crippen LogP) is 1.54. The van der Waals surface area contributed by atoms with Crippen LogP contribution in [-0.4, -0.2) is 26.1 Å². The lowest BCUT2D eigenvalue weighted by Crippen LogP contribution is -2.24. The molecule has 0 heterocycles. The van der Waals surface area contributed by atoms with Gasteiger partial charge >= 0.3 is 0 Å². The van der Waals surface area contributed by atoms with E-state index in [0.717, 1.165) is 37.0 Å². The van der Waals surface area contributed by atoms with Crippen LogP contribution in [0.25, 0.3) is 0 Å². The first-order valence-electron chi connectivity index (χ1n) is 7.09. The van der Waals surface area contributed by atoms with E-state index in [1.165, 1.54) is 0 Å². The van der Waals surface area contributed by atoms with Crippen LogP contribution in [-0.2, 0) is 9.63 Å². The third-order valence-corrected chi connectivity index (χ3v) is 3.14. The van der Waals surface area contributed by atoms with Crippen LogP contribution in [0, 0.1) is 0 Å². The van der Waals surface area contributed by atoms with Crippen molar-refractivity contribution in [3.05, 3.63) is 35.6 Å². The van der Waals surface area contributed by atoms with Crippen LogP contribution in [0.4, 0.5) is 0 Å². The summed E-state index contributed by atoms with van der Waals surface area (Å²) in [6, 6.07) is 0. The number of carbonyl (C=O) groups is 1. The van der Waals surface area contributed by atoms with Gasteiger partial charge in [0, 0.05) is 25.7 Å². The van der Waals surface area contributed by atoms with Crippen molar-refractivity contribution in [3.63, 3.8) is 0 Å². The molecule has 1 amide bonds. The maximum atomic E-state index is 11.7. The van der Waals surface area contributed by atoms with Crippen molar-refractivity contribution in [1.29, 1.82) is 0 Å². The molecule has 0 radical (unpaired) electrons. The van der Waals surface area contributed by atoms with Crippen LogP contribution < -0.4 is 16.5 Å². The van der Waals surface area contributed by atoms with Gasteiger partial charge in [0.2, 0.25) is 5.91 Å². The first kappa shape index (κ1) is 16.5. The molecular formula is C15H25N3O2. The molecule has 1 aliphatic rings. The molecular weight excluding hydrogens is 254 g/mol. The first-order valence-corrected chi connectivity index (χ1v) is 7.09. The smallest absolute Gasteiger partial charge is 0.220 e. The number of amides is 1. The molecule has 0 saturated heterocycles. The maximum Gasteiger partial charge on any atom is 0.220 e. The van der Waals surface area contributed by atoms with Crippen molar-refractivity contribution < 1.29 is 9.63 Å². The van der Waals surface area contributed by atoms with Crippen molar-refractivity contribution >= 4 is 5.91 Å². The van der Waals surface area contributed by atoms with E-state index < -0.39 is 0 Å². The molecule has 1 aliphatic carbocycles. The molecule has 5 nitrogen and oxygen atoms in total. The van der Waals surface area contributed by atoms with Crippen molar-refractivity contribution in [1.82, 2.24) is 10.6 Å². The number of carbonyl (C=O) groups excluding carboxylic acids is 1. The van der Waals surface area contributed by atoms with Gasteiger partial charge in [-0.3, -0.25) is 4.79 Å². The molecule has 0 atom stereocenters. The van der Waals surface area contributed by atoms with Crippen molar-refractivity contribution in [2.24, 2.45) is 5.90 Å². The topological polar surface area (TPSA) is 76.4 Å². The fraction of sp³-hybridized carbons (Fsp3) is 0.533. The van der Waals surface area contributed by atoms with Gasteiger partial charge in [0.15, 0.2) is 0 Å². The monoisotopic (exact) mass is 279 g/mol. The Morgan fingerprint density at radius 1 is 1.30 bits per heavy atom. The fourth-order valence-electron chi connectivity index (χ4n) is 1.92. The Hall–Kier alpha value is -1.59. The van der Waals surface area contributed by atoms with E-state index in [1.807, 2.05) is 19.2 Å². The van der Waals surface area contributed by atoms with Gasteiger partial charge in [-0.25, -0.2) is 5.90 Å². The highest BCUT2D eigenvalue weighted by Gasteiger charge is 2.03. The molecule has 5 heteroatoms. The van der Waals surface area contributed by atoms with Crippen molar-refractivity contribution in [3.8, 4) is 0 Å².